The van der Waals surface area contributed by atoms with E-state index in [1.807, 2.05) is 0 Å². The summed E-state index contributed by atoms with van der Waals surface area (Å²) in [5, 5.41) is 0.405. The Bertz CT molecular complexity index is 1270. The van der Waals surface area contributed by atoms with Gasteiger partial charge in [0.15, 0.2) is 16.0 Å². The van der Waals surface area contributed by atoms with Gasteiger partial charge in [-0.05, 0) is 30.3 Å². The molecule has 1 amide bonds. The number of benzene rings is 2. The average Bonchev–Trinajstić information content (AvgIpc) is 2.90. The Balaban J connectivity index is 1.86. The second kappa shape index (κ2) is 5.78. The second-order valence-electron chi connectivity index (χ2n) is 5.44. The van der Waals surface area contributed by atoms with E-state index in [4.69, 9.17) is 4.42 Å². The Morgan fingerprint density at radius 2 is 2.00 bits per heavy atom. The lowest BCUT2D eigenvalue weighted by Gasteiger charge is -1.99. The van der Waals surface area contributed by atoms with Crippen LogP contribution in [0.25, 0.3) is 21.2 Å². The normalized spacial score (nSPS) is 12.2. The number of halogens is 1. The van der Waals surface area contributed by atoms with Crippen LogP contribution in [0.1, 0.15) is 10.6 Å². The third kappa shape index (κ3) is 2.68. The van der Waals surface area contributed by atoms with Crippen LogP contribution in [0, 0.1) is 5.82 Å². The largest absolute Gasteiger partial charge is 0.451 e. The SMILES string of the molecule is Cn1c(=NC(=O)c2cc(=O)c3ccccc3o2)sc2cc(F)ccc21. The fourth-order valence-electron chi connectivity index (χ4n) is 2.57. The minimum absolute atomic E-state index is 0.132. The van der Waals surface area contributed by atoms with E-state index < -0.39 is 5.91 Å². The van der Waals surface area contributed by atoms with E-state index in [2.05, 4.69) is 4.99 Å². The molecule has 0 radical (unpaired) electrons. The number of aryl methyl sites for hydroxylation is 1. The smallest absolute Gasteiger partial charge is 0.315 e. The predicted molar refractivity (Wildman–Crippen MR) is 93.1 cm³/mol. The average molecular weight is 354 g/mol. The van der Waals surface area contributed by atoms with Gasteiger partial charge in [0, 0.05) is 13.1 Å². The molecule has 0 unspecified atom stereocenters. The molecule has 0 saturated heterocycles. The summed E-state index contributed by atoms with van der Waals surface area (Å²) in [6, 6.07) is 12.2. The van der Waals surface area contributed by atoms with E-state index >= 15 is 0 Å². The lowest BCUT2D eigenvalue weighted by molar-refractivity contribution is 0.0972. The summed E-state index contributed by atoms with van der Waals surface area (Å²) >= 11 is 1.18. The zero-order chi connectivity index (χ0) is 17.6. The van der Waals surface area contributed by atoms with Crippen LogP contribution in [0.15, 0.2) is 62.7 Å². The van der Waals surface area contributed by atoms with Gasteiger partial charge in [-0.25, -0.2) is 4.39 Å². The van der Waals surface area contributed by atoms with Gasteiger partial charge in [0.25, 0.3) is 0 Å². The molecular weight excluding hydrogens is 343 g/mol. The maximum absolute atomic E-state index is 13.3. The molecule has 0 fully saturated rings. The molecule has 7 heteroatoms. The molecule has 2 aromatic heterocycles. The summed E-state index contributed by atoms with van der Waals surface area (Å²) in [6.07, 6.45) is 0. The molecule has 124 valence electrons. The molecule has 0 N–H and O–H groups in total. The first-order chi connectivity index (χ1) is 12.0. The Hall–Kier alpha value is -3.06. The summed E-state index contributed by atoms with van der Waals surface area (Å²) in [7, 11) is 1.74. The minimum Gasteiger partial charge on any atom is -0.451 e. The number of hydrogen-bond acceptors (Lipinski definition) is 4. The maximum atomic E-state index is 13.3. The van der Waals surface area contributed by atoms with E-state index in [-0.39, 0.29) is 17.0 Å². The van der Waals surface area contributed by atoms with Gasteiger partial charge in [-0.1, -0.05) is 23.5 Å². The molecule has 0 aliphatic carbocycles. The Labute approximate surface area is 144 Å². The summed E-state index contributed by atoms with van der Waals surface area (Å²) in [4.78, 5) is 29.0. The van der Waals surface area contributed by atoms with E-state index in [0.717, 1.165) is 11.6 Å². The van der Waals surface area contributed by atoms with E-state index in [9.17, 15) is 14.0 Å². The predicted octanol–water partition coefficient (Wildman–Crippen LogP) is 3.23. The topological polar surface area (TPSA) is 64.6 Å². The molecule has 5 nitrogen and oxygen atoms in total. The van der Waals surface area contributed by atoms with Crippen molar-refractivity contribution in [3.63, 3.8) is 0 Å². The van der Waals surface area contributed by atoms with Crippen LogP contribution in [0.4, 0.5) is 4.39 Å². The lowest BCUT2D eigenvalue weighted by atomic mass is 10.2. The fourth-order valence-corrected chi connectivity index (χ4v) is 3.61. The quantitative estimate of drug-likeness (QED) is 0.527. The molecule has 2 heterocycles. The van der Waals surface area contributed by atoms with Crippen molar-refractivity contribution in [1.29, 1.82) is 0 Å². The van der Waals surface area contributed by atoms with E-state index in [1.165, 1.54) is 23.5 Å². The molecule has 0 bridgehead atoms. The molecule has 4 rings (SSSR count). The third-order valence-electron chi connectivity index (χ3n) is 3.81. The summed E-state index contributed by atoms with van der Waals surface area (Å²) in [5.41, 5.74) is 0.789. The fraction of sp³-hybridized carbons (Fsp3) is 0.0556. The van der Waals surface area contributed by atoms with Crippen LogP contribution in [0.2, 0.25) is 0 Å². The minimum atomic E-state index is -0.662. The number of para-hydroxylation sites is 1. The van der Waals surface area contributed by atoms with Crippen LogP contribution < -0.4 is 10.2 Å². The molecule has 0 spiro atoms. The number of carbonyl (C=O) groups is 1. The van der Waals surface area contributed by atoms with Gasteiger partial charge in [0.2, 0.25) is 0 Å². The summed E-state index contributed by atoms with van der Waals surface area (Å²) in [5.74, 6) is -1.15. The maximum Gasteiger partial charge on any atom is 0.315 e. The number of amides is 1. The second-order valence-corrected chi connectivity index (χ2v) is 6.45. The van der Waals surface area contributed by atoms with Crippen LogP contribution in [-0.2, 0) is 7.05 Å². The van der Waals surface area contributed by atoms with Gasteiger partial charge in [-0.2, -0.15) is 4.99 Å². The van der Waals surface area contributed by atoms with Crippen LogP contribution in [0.5, 0.6) is 0 Å². The summed E-state index contributed by atoms with van der Waals surface area (Å²) < 4.78 is 21.2. The Morgan fingerprint density at radius 1 is 1.20 bits per heavy atom. The molecule has 0 aliphatic heterocycles. The zero-order valence-electron chi connectivity index (χ0n) is 13.0. The van der Waals surface area contributed by atoms with Gasteiger partial charge < -0.3 is 8.98 Å². The Kier molecular flexibility index (Phi) is 3.58. The van der Waals surface area contributed by atoms with E-state index in [1.54, 1.807) is 41.9 Å². The first kappa shape index (κ1) is 15.5. The highest BCUT2D eigenvalue weighted by Crippen LogP contribution is 2.18. The molecule has 4 aromatic rings. The van der Waals surface area contributed by atoms with Crippen LogP contribution in [-0.4, -0.2) is 10.5 Å². The Morgan fingerprint density at radius 3 is 2.84 bits per heavy atom. The first-order valence-corrected chi connectivity index (χ1v) is 8.21. The molecular formula is C18H11FN2O3S. The lowest BCUT2D eigenvalue weighted by Crippen LogP contribution is -2.14. The number of rotatable bonds is 1. The highest BCUT2D eigenvalue weighted by Gasteiger charge is 2.12. The van der Waals surface area contributed by atoms with Crippen molar-refractivity contribution >= 4 is 38.4 Å². The van der Waals surface area contributed by atoms with Gasteiger partial charge >= 0.3 is 5.91 Å². The number of hydrogen-bond donors (Lipinski definition) is 0. The van der Waals surface area contributed by atoms with Crippen molar-refractivity contribution in [2.24, 2.45) is 12.0 Å². The van der Waals surface area contributed by atoms with Gasteiger partial charge in [0.05, 0.1) is 15.6 Å². The van der Waals surface area contributed by atoms with Crippen molar-refractivity contribution in [2.75, 3.05) is 0 Å². The molecule has 0 saturated carbocycles. The van der Waals surface area contributed by atoms with Crippen molar-refractivity contribution in [2.45, 2.75) is 0 Å². The zero-order valence-corrected chi connectivity index (χ0v) is 13.8. The van der Waals surface area contributed by atoms with Gasteiger partial charge in [-0.15, -0.1) is 0 Å². The standard InChI is InChI=1S/C18H11FN2O3S/c1-21-12-7-6-10(19)8-16(12)25-18(21)20-17(23)15-9-13(22)11-4-2-3-5-14(11)24-15/h2-9H,1H3. The van der Waals surface area contributed by atoms with Gasteiger partial charge in [0.1, 0.15) is 11.4 Å². The summed E-state index contributed by atoms with van der Waals surface area (Å²) in [6.45, 7) is 0. The van der Waals surface area contributed by atoms with E-state index in [0.29, 0.717) is 20.5 Å². The van der Waals surface area contributed by atoms with Crippen molar-refractivity contribution < 1.29 is 13.6 Å². The van der Waals surface area contributed by atoms with Gasteiger partial charge in [-0.3, -0.25) is 9.59 Å². The number of aromatic nitrogens is 1. The number of carbonyl (C=O) groups excluding carboxylic acids is 1. The monoisotopic (exact) mass is 354 g/mol. The first-order valence-electron chi connectivity index (χ1n) is 7.40. The molecule has 25 heavy (non-hydrogen) atoms. The van der Waals surface area contributed by atoms with Crippen molar-refractivity contribution in [1.82, 2.24) is 4.57 Å². The number of nitrogens with zero attached hydrogens (tertiary/aromatic N) is 2. The number of fused-ring (bicyclic) bond motifs is 2. The van der Waals surface area contributed by atoms with Crippen LogP contribution >= 0.6 is 11.3 Å². The third-order valence-corrected chi connectivity index (χ3v) is 4.91. The highest BCUT2D eigenvalue weighted by atomic mass is 32.1. The molecule has 0 atom stereocenters. The molecule has 2 aromatic carbocycles. The molecule has 0 aliphatic rings. The number of thiazole rings is 1. The highest BCUT2D eigenvalue weighted by molar-refractivity contribution is 7.16. The van der Waals surface area contributed by atoms with Crippen molar-refractivity contribution in [3.05, 3.63) is 75.1 Å². The van der Waals surface area contributed by atoms with Crippen molar-refractivity contribution in [3.8, 4) is 0 Å². The van der Waals surface area contributed by atoms with Crippen LogP contribution in [0.3, 0.4) is 0 Å².